The lowest BCUT2D eigenvalue weighted by Crippen LogP contribution is -2.24. The van der Waals surface area contributed by atoms with Crippen LogP contribution in [-0.2, 0) is 0 Å². The summed E-state index contributed by atoms with van der Waals surface area (Å²) in [7, 11) is 0. The molecule has 1 aliphatic carbocycles. The van der Waals surface area contributed by atoms with Gasteiger partial charge in [0.05, 0.1) is 12.2 Å². The SMILES string of the molecule is CC1CC1CN1C[C@@H](O)[C@@H](O)C1. The van der Waals surface area contributed by atoms with Crippen LogP contribution in [0.5, 0.6) is 0 Å². The topological polar surface area (TPSA) is 43.7 Å². The van der Waals surface area contributed by atoms with Crippen molar-refractivity contribution in [1.29, 1.82) is 0 Å². The molecule has 1 aliphatic heterocycles. The lowest BCUT2D eigenvalue weighted by molar-refractivity contribution is 0.0572. The van der Waals surface area contributed by atoms with Gasteiger partial charge in [0.2, 0.25) is 0 Å². The van der Waals surface area contributed by atoms with E-state index in [2.05, 4.69) is 11.8 Å². The Morgan fingerprint density at radius 1 is 1.25 bits per heavy atom. The van der Waals surface area contributed by atoms with Gasteiger partial charge in [0.25, 0.3) is 0 Å². The first-order chi connectivity index (χ1) is 5.66. The van der Waals surface area contributed by atoms with Crippen LogP contribution in [0.4, 0.5) is 0 Å². The molecule has 3 nitrogen and oxygen atoms in total. The lowest BCUT2D eigenvalue weighted by atomic mass is 10.3. The van der Waals surface area contributed by atoms with Crippen LogP contribution in [0.1, 0.15) is 13.3 Å². The second-order valence-corrected chi connectivity index (χ2v) is 4.33. The summed E-state index contributed by atoms with van der Waals surface area (Å²) in [5, 5.41) is 18.6. The Labute approximate surface area is 73.0 Å². The zero-order chi connectivity index (χ0) is 8.72. The summed E-state index contributed by atoms with van der Waals surface area (Å²) in [5.41, 5.74) is 0. The van der Waals surface area contributed by atoms with Crippen molar-refractivity contribution in [3.63, 3.8) is 0 Å². The van der Waals surface area contributed by atoms with E-state index in [1.54, 1.807) is 0 Å². The first-order valence-electron chi connectivity index (χ1n) is 4.75. The van der Waals surface area contributed by atoms with E-state index in [0.717, 1.165) is 18.4 Å². The van der Waals surface area contributed by atoms with Gasteiger partial charge >= 0.3 is 0 Å². The van der Waals surface area contributed by atoms with Crippen LogP contribution in [0.2, 0.25) is 0 Å². The number of β-amino-alcohol motifs (C(OH)–C–C–N with tert-alkyl or cyclic N) is 2. The van der Waals surface area contributed by atoms with E-state index in [1.807, 2.05) is 0 Å². The van der Waals surface area contributed by atoms with Crippen LogP contribution >= 0.6 is 0 Å². The van der Waals surface area contributed by atoms with Crippen molar-refractivity contribution in [2.24, 2.45) is 11.8 Å². The normalized spacial score (nSPS) is 48.2. The van der Waals surface area contributed by atoms with Crippen LogP contribution in [0.15, 0.2) is 0 Å². The Balaban J connectivity index is 1.76. The van der Waals surface area contributed by atoms with Crippen LogP contribution in [0.25, 0.3) is 0 Å². The fourth-order valence-electron chi connectivity index (χ4n) is 1.98. The molecule has 2 fully saturated rings. The van der Waals surface area contributed by atoms with Crippen molar-refractivity contribution in [2.45, 2.75) is 25.6 Å². The number of nitrogens with zero attached hydrogens (tertiary/aromatic N) is 1. The van der Waals surface area contributed by atoms with Gasteiger partial charge in [0, 0.05) is 19.6 Å². The summed E-state index contributed by atoms with van der Waals surface area (Å²) in [5.74, 6) is 1.68. The number of hydrogen-bond donors (Lipinski definition) is 2. The van der Waals surface area contributed by atoms with Crippen molar-refractivity contribution >= 4 is 0 Å². The molecule has 0 aromatic rings. The minimum atomic E-state index is -0.515. The van der Waals surface area contributed by atoms with E-state index in [9.17, 15) is 10.2 Å². The van der Waals surface area contributed by atoms with E-state index in [-0.39, 0.29) is 0 Å². The minimum Gasteiger partial charge on any atom is -0.389 e. The van der Waals surface area contributed by atoms with Gasteiger partial charge in [-0.05, 0) is 18.3 Å². The molecule has 0 amide bonds. The van der Waals surface area contributed by atoms with Gasteiger partial charge in [-0.1, -0.05) is 6.92 Å². The standard InChI is InChI=1S/C9H17NO2/c1-6-2-7(6)3-10-4-8(11)9(12)5-10/h6-9,11-12H,2-5H2,1H3/t6?,7?,8-,9+. The summed E-state index contributed by atoms with van der Waals surface area (Å²) >= 11 is 0. The predicted octanol–water partition coefficient (Wildman–Crippen LogP) is -0.320. The second-order valence-electron chi connectivity index (χ2n) is 4.33. The molecule has 0 radical (unpaired) electrons. The van der Waals surface area contributed by atoms with Gasteiger partial charge in [-0.2, -0.15) is 0 Å². The molecule has 0 aromatic carbocycles. The van der Waals surface area contributed by atoms with Crippen molar-refractivity contribution in [1.82, 2.24) is 4.90 Å². The first-order valence-corrected chi connectivity index (χ1v) is 4.75. The number of rotatable bonds is 2. The molecule has 2 unspecified atom stereocenters. The van der Waals surface area contributed by atoms with Crippen LogP contribution < -0.4 is 0 Å². The Morgan fingerprint density at radius 2 is 1.75 bits per heavy atom. The maximum absolute atomic E-state index is 9.28. The Hall–Kier alpha value is -0.120. The highest BCUT2D eigenvalue weighted by Crippen LogP contribution is 2.38. The molecule has 0 spiro atoms. The van der Waals surface area contributed by atoms with Gasteiger partial charge in [0.1, 0.15) is 0 Å². The zero-order valence-corrected chi connectivity index (χ0v) is 7.48. The molecule has 0 bridgehead atoms. The molecular weight excluding hydrogens is 154 g/mol. The Bertz CT molecular complexity index is 164. The molecule has 1 heterocycles. The van der Waals surface area contributed by atoms with Crippen LogP contribution in [-0.4, -0.2) is 47.0 Å². The van der Waals surface area contributed by atoms with E-state index in [4.69, 9.17) is 0 Å². The molecule has 2 rings (SSSR count). The minimum absolute atomic E-state index is 0.515. The number of likely N-dealkylation sites (tertiary alicyclic amines) is 1. The van der Waals surface area contributed by atoms with Crippen LogP contribution in [0.3, 0.4) is 0 Å². The van der Waals surface area contributed by atoms with E-state index < -0.39 is 12.2 Å². The molecular formula is C9H17NO2. The maximum atomic E-state index is 9.28. The highest BCUT2D eigenvalue weighted by atomic mass is 16.3. The summed E-state index contributed by atoms with van der Waals surface area (Å²) in [6.07, 6.45) is 0.293. The van der Waals surface area contributed by atoms with Crippen molar-refractivity contribution in [3.05, 3.63) is 0 Å². The maximum Gasteiger partial charge on any atom is 0.0938 e. The van der Waals surface area contributed by atoms with Crippen molar-refractivity contribution < 1.29 is 10.2 Å². The third-order valence-corrected chi connectivity index (χ3v) is 3.10. The van der Waals surface area contributed by atoms with Crippen molar-refractivity contribution in [2.75, 3.05) is 19.6 Å². The fourth-order valence-corrected chi connectivity index (χ4v) is 1.98. The lowest BCUT2D eigenvalue weighted by Gasteiger charge is -2.13. The summed E-state index contributed by atoms with van der Waals surface area (Å²) in [6, 6.07) is 0. The molecule has 2 N–H and O–H groups in total. The highest BCUT2D eigenvalue weighted by Gasteiger charge is 2.37. The molecule has 0 aromatic heterocycles. The monoisotopic (exact) mass is 171 g/mol. The molecule has 12 heavy (non-hydrogen) atoms. The smallest absolute Gasteiger partial charge is 0.0938 e. The van der Waals surface area contributed by atoms with Crippen LogP contribution in [0, 0.1) is 11.8 Å². The predicted molar refractivity (Wildman–Crippen MR) is 45.7 cm³/mol. The average molecular weight is 171 g/mol. The number of aliphatic hydroxyl groups excluding tert-OH is 2. The van der Waals surface area contributed by atoms with E-state index in [0.29, 0.717) is 13.1 Å². The number of hydrogen-bond acceptors (Lipinski definition) is 3. The van der Waals surface area contributed by atoms with E-state index >= 15 is 0 Å². The average Bonchev–Trinajstić information content (AvgIpc) is 2.56. The zero-order valence-electron chi connectivity index (χ0n) is 7.48. The molecule has 2 aliphatic rings. The van der Waals surface area contributed by atoms with Crippen molar-refractivity contribution in [3.8, 4) is 0 Å². The first kappa shape index (κ1) is 8.48. The van der Waals surface area contributed by atoms with Gasteiger partial charge in [-0.3, -0.25) is 4.90 Å². The van der Waals surface area contributed by atoms with Gasteiger partial charge in [0.15, 0.2) is 0 Å². The van der Waals surface area contributed by atoms with E-state index in [1.165, 1.54) is 6.42 Å². The summed E-state index contributed by atoms with van der Waals surface area (Å²) in [4.78, 5) is 2.17. The fraction of sp³-hybridized carbons (Fsp3) is 1.00. The molecule has 1 saturated carbocycles. The number of aliphatic hydroxyl groups is 2. The second kappa shape index (κ2) is 2.98. The molecule has 3 heteroatoms. The van der Waals surface area contributed by atoms with Gasteiger partial charge < -0.3 is 10.2 Å². The molecule has 1 saturated heterocycles. The third-order valence-electron chi connectivity index (χ3n) is 3.10. The quantitative estimate of drug-likeness (QED) is 0.598. The summed E-state index contributed by atoms with van der Waals surface area (Å²) < 4.78 is 0. The third kappa shape index (κ3) is 1.63. The summed E-state index contributed by atoms with van der Waals surface area (Å²) in [6.45, 7) is 4.64. The Morgan fingerprint density at radius 3 is 2.17 bits per heavy atom. The van der Waals surface area contributed by atoms with Gasteiger partial charge in [-0.25, -0.2) is 0 Å². The Kier molecular flexibility index (Phi) is 2.10. The molecule has 4 atom stereocenters. The van der Waals surface area contributed by atoms with Gasteiger partial charge in [-0.15, -0.1) is 0 Å². The highest BCUT2D eigenvalue weighted by molar-refractivity contribution is 4.90. The largest absolute Gasteiger partial charge is 0.389 e. The molecule has 70 valence electrons.